The topological polar surface area (TPSA) is 15.3 Å². The molecule has 1 aliphatic carbocycles. The molecule has 0 saturated heterocycles. The number of nitrogens with one attached hydrogen (secondary N) is 1. The molecule has 2 heteroatoms. The van der Waals surface area contributed by atoms with Gasteiger partial charge in [0.25, 0.3) is 0 Å². The van der Waals surface area contributed by atoms with Crippen LogP contribution in [0.15, 0.2) is 0 Å². The third kappa shape index (κ3) is 4.97. The van der Waals surface area contributed by atoms with E-state index in [0.29, 0.717) is 0 Å². The summed E-state index contributed by atoms with van der Waals surface area (Å²) in [5.74, 6) is 0.999. The average Bonchev–Trinajstić information content (AvgIpc) is 2.65. The minimum atomic E-state index is 0.999. The first-order valence-corrected chi connectivity index (χ1v) is 6.22. The van der Waals surface area contributed by atoms with Crippen LogP contribution in [0.25, 0.3) is 0 Å². The monoisotopic (exact) mass is 198 g/mol. The summed E-state index contributed by atoms with van der Waals surface area (Å²) in [5.41, 5.74) is 0. The van der Waals surface area contributed by atoms with E-state index in [9.17, 15) is 0 Å². The Labute approximate surface area is 89.1 Å². The Hall–Kier alpha value is -0.0800. The maximum Gasteiger partial charge on any atom is 0.000661 e. The van der Waals surface area contributed by atoms with Gasteiger partial charge in [-0.25, -0.2) is 0 Å². The highest BCUT2D eigenvalue weighted by Crippen LogP contribution is 2.24. The zero-order valence-corrected chi connectivity index (χ0v) is 9.89. The summed E-state index contributed by atoms with van der Waals surface area (Å²) in [4.78, 5) is 2.51. The smallest absolute Gasteiger partial charge is 0.000661 e. The molecule has 0 aliphatic heterocycles. The molecule has 0 aromatic heterocycles. The molecule has 0 aromatic carbocycles. The van der Waals surface area contributed by atoms with Crippen LogP contribution < -0.4 is 5.32 Å². The lowest BCUT2D eigenvalue weighted by molar-refractivity contribution is 0.274. The fraction of sp³-hybridized carbons (Fsp3) is 1.00. The van der Waals surface area contributed by atoms with Gasteiger partial charge in [-0.1, -0.05) is 19.8 Å². The van der Waals surface area contributed by atoms with E-state index in [2.05, 4.69) is 24.2 Å². The summed E-state index contributed by atoms with van der Waals surface area (Å²) >= 11 is 0. The van der Waals surface area contributed by atoms with E-state index in [1.807, 2.05) is 0 Å². The number of hydrogen-bond acceptors (Lipinski definition) is 2. The summed E-state index contributed by atoms with van der Waals surface area (Å²) in [7, 11) is 2.27. The van der Waals surface area contributed by atoms with Crippen molar-refractivity contribution in [3.63, 3.8) is 0 Å². The molecule has 0 radical (unpaired) electrons. The van der Waals surface area contributed by atoms with Crippen LogP contribution in [-0.2, 0) is 0 Å². The Morgan fingerprint density at radius 2 is 2.00 bits per heavy atom. The molecule has 14 heavy (non-hydrogen) atoms. The molecule has 0 spiro atoms. The summed E-state index contributed by atoms with van der Waals surface area (Å²) in [5, 5.41) is 3.37. The lowest BCUT2D eigenvalue weighted by Gasteiger charge is -2.20. The molecule has 0 amide bonds. The lowest BCUT2D eigenvalue weighted by Crippen LogP contribution is -2.28. The van der Waals surface area contributed by atoms with Crippen LogP contribution >= 0.6 is 0 Å². The SMILES string of the molecule is CCNCCCN(C)CC1CCCC1. The fourth-order valence-corrected chi connectivity index (χ4v) is 2.38. The molecule has 0 bridgehead atoms. The highest BCUT2D eigenvalue weighted by atomic mass is 15.1. The predicted octanol–water partition coefficient (Wildman–Crippen LogP) is 2.11. The van der Waals surface area contributed by atoms with Crippen molar-refractivity contribution in [2.45, 2.75) is 39.0 Å². The highest BCUT2D eigenvalue weighted by molar-refractivity contribution is 4.70. The summed E-state index contributed by atoms with van der Waals surface area (Å²) in [6.45, 7) is 7.02. The van der Waals surface area contributed by atoms with Gasteiger partial charge in [0.15, 0.2) is 0 Å². The molecule has 0 heterocycles. The molecule has 0 unspecified atom stereocenters. The Bertz CT molecular complexity index is 130. The molecule has 0 aromatic rings. The fourth-order valence-electron chi connectivity index (χ4n) is 2.38. The van der Waals surface area contributed by atoms with Gasteiger partial charge in [-0.05, 0) is 51.9 Å². The van der Waals surface area contributed by atoms with Gasteiger partial charge in [0.05, 0.1) is 0 Å². The minimum absolute atomic E-state index is 0.999. The third-order valence-electron chi connectivity index (χ3n) is 3.19. The van der Waals surface area contributed by atoms with E-state index in [1.165, 1.54) is 51.7 Å². The van der Waals surface area contributed by atoms with Gasteiger partial charge < -0.3 is 10.2 Å². The Balaban J connectivity index is 1.95. The van der Waals surface area contributed by atoms with Crippen LogP contribution in [0.5, 0.6) is 0 Å². The van der Waals surface area contributed by atoms with Gasteiger partial charge >= 0.3 is 0 Å². The molecule has 0 atom stereocenters. The first-order valence-electron chi connectivity index (χ1n) is 6.22. The summed E-state index contributed by atoms with van der Waals surface area (Å²) < 4.78 is 0. The van der Waals surface area contributed by atoms with E-state index in [4.69, 9.17) is 0 Å². The first-order chi connectivity index (χ1) is 6.83. The molecule has 1 saturated carbocycles. The van der Waals surface area contributed by atoms with Crippen molar-refractivity contribution in [1.29, 1.82) is 0 Å². The van der Waals surface area contributed by atoms with Gasteiger partial charge in [0.2, 0.25) is 0 Å². The average molecular weight is 198 g/mol. The van der Waals surface area contributed by atoms with Gasteiger partial charge in [0.1, 0.15) is 0 Å². The van der Waals surface area contributed by atoms with Crippen LogP contribution in [-0.4, -0.2) is 38.1 Å². The number of rotatable bonds is 7. The van der Waals surface area contributed by atoms with Crippen molar-refractivity contribution >= 4 is 0 Å². The van der Waals surface area contributed by atoms with Crippen LogP contribution in [0, 0.1) is 5.92 Å². The molecular weight excluding hydrogens is 172 g/mol. The zero-order chi connectivity index (χ0) is 10.2. The van der Waals surface area contributed by atoms with Crippen LogP contribution in [0.2, 0.25) is 0 Å². The largest absolute Gasteiger partial charge is 0.317 e. The molecule has 2 nitrogen and oxygen atoms in total. The first kappa shape index (κ1) is 12.0. The molecule has 1 fully saturated rings. The summed E-state index contributed by atoms with van der Waals surface area (Å²) in [6, 6.07) is 0. The Morgan fingerprint density at radius 3 is 2.64 bits per heavy atom. The third-order valence-corrected chi connectivity index (χ3v) is 3.19. The second kappa shape index (κ2) is 7.24. The quantitative estimate of drug-likeness (QED) is 0.630. The summed E-state index contributed by atoms with van der Waals surface area (Å²) in [6.07, 6.45) is 7.16. The predicted molar refractivity (Wildman–Crippen MR) is 62.6 cm³/mol. The highest BCUT2D eigenvalue weighted by Gasteiger charge is 2.16. The standard InChI is InChI=1S/C12H26N2/c1-3-13-9-6-10-14(2)11-12-7-4-5-8-12/h12-13H,3-11H2,1-2H3. The van der Waals surface area contributed by atoms with Crippen molar-refractivity contribution in [1.82, 2.24) is 10.2 Å². The van der Waals surface area contributed by atoms with E-state index in [-0.39, 0.29) is 0 Å². The molecular formula is C12H26N2. The molecule has 84 valence electrons. The Kier molecular flexibility index (Phi) is 6.20. The number of hydrogen-bond donors (Lipinski definition) is 1. The van der Waals surface area contributed by atoms with Gasteiger partial charge in [-0.15, -0.1) is 0 Å². The van der Waals surface area contributed by atoms with Crippen molar-refractivity contribution in [2.75, 3.05) is 33.2 Å². The molecule has 1 rings (SSSR count). The lowest BCUT2D eigenvalue weighted by atomic mass is 10.1. The Morgan fingerprint density at radius 1 is 1.29 bits per heavy atom. The van der Waals surface area contributed by atoms with Crippen molar-refractivity contribution in [3.8, 4) is 0 Å². The van der Waals surface area contributed by atoms with Crippen molar-refractivity contribution in [3.05, 3.63) is 0 Å². The molecule has 1 N–H and O–H groups in total. The van der Waals surface area contributed by atoms with E-state index in [0.717, 1.165) is 12.5 Å². The van der Waals surface area contributed by atoms with Crippen molar-refractivity contribution < 1.29 is 0 Å². The normalized spacial score (nSPS) is 18.2. The second-order valence-corrected chi connectivity index (χ2v) is 4.62. The van der Waals surface area contributed by atoms with Crippen LogP contribution in [0.4, 0.5) is 0 Å². The van der Waals surface area contributed by atoms with Crippen LogP contribution in [0.3, 0.4) is 0 Å². The van der Waals surface area contributed by atoms with Gasteiger partial charge in [-0.2, -0.15) is 0 Å². The van der Waals surface area contributed by atoms with Gasteiger partial charge in [-0.3, -0.25) is 0 Å². The molecule has 1 aliphatic rings. The van der Waals surface area contributed by atoms with E-state index < -0.39 is 0 Å². The van der Waals surface area contributed by atoms with Crippen LogP contribution in [0.1, 0.15) is 39.0 Å². The van der Waals surface area contributed by atoms with Gasteiger partial charge in [0, 0.05) is 6.54 Å². The van der Waals surface area contributed by atoms with E-state index >= 15 is 0 Å². The van der Waals surface area contributed by atoms with Crippen molar-refractivity contribution in [2.24, 2.45) is 5.92 Å². The second-order valence-electron chi connectivity index (χ2n) is 4.62. The maximum atomic E-state index is 3.37. The van der Waals surface area contributed by atoms with E-state index in [1.54, 1.807) is 0 Å². The minimum Gasteiger partial charge on any atom is -0.317 e. The zero-order valence-electron chi connectivity index (χ0n) is 9.89. The number of nitrogens with zero attached hydrogens (tertiary/aromatic N) is 1. The maximum absolute atomic E-state index is 3.37.